The summed E-state index contributed by atoms with van der Waals surface area (Å²) in [6.45, 7) is -0.615. The zero-order valence-electron chi connectivity index (χ0n) is 62.6. The second-order valence-electron chi connectivity index (χ2n) is 25.4. The van der Waals surface area contributed by atoms with Gasteiger partial charge >= 0.3 is 11.9 Å². The van der Waals surface area contributed by atoms with E-state index in [0.717, 1.165) is 49.3 Å². The van der Waals surface area contributed by atoms with Crippen LogP contribution in [0.5, 0.6) is 0 Å². The number of carboxylic acid groups (broad SMARTS) is 2. The summed E-state index contributed by atoms with van der Waals surface area (Å²) < 4.78 is 0. The number of amides is 18. The molecule has 112 heavy (non-hydrogen) atoms. The van der Waals surface area contributed by atoms with Crippen LogP contribution in [0.1, 0.15) is 105 Å². The smallest absolute Gasteiger partial charge is 0.327 e. The molecule has 1 fully saturated rings. The SMILES string of the molecule is C[C@@H]1NC(=O)[C@H](CO)NC(=O)[C@H](C)NC(=O)[C@H]([C@@H](C)O)NC(=O)CNC(=O)[C@H](CCCCN)NC(=O)CNC(=O)CNC(=O)[C@H](CCCCN)NC(=O)CNC(=O)[C@H](CCC(=O)O)NC(=O)[C@H](C)NC(=O)[C@H]([C@@H](C)O)NC(=O)CNC(=O)[C@@H](N)CSSC[C@@H](C(=O)O)NC(=O)CNC(=O)CNC(=O)[C@H](CCCCN)NC1=O. The van der Waals surface area contributed by atoms with Gasteiger partial charge in [0.25, 0.3) is 0 Å². The molecule has 0 radical (unpaired) electrons. The molecule has 0 bridgehead atoms. The summed E-state index contributed by atoms with van der Waals surface area (Å²) in [5.74, 6) is -21.8. The van der Waals surface area contributed by atoms with Crippen LogP contribution in [-0.2, 0) is 95.9 Å². The molecule has 0 spiro atoms. The molecule has 0 aromatic carbocycles. The Hall–Kier alpha value is -10.2. The van der Waals surface area contributed by atoms with Crippen LogP contribution in [0.2, 0.25) is 0 Å². The lowest BCUT2D eigenvalue weighted by Gasteiger charge is -2.25. The lowest BCUT2D eigenvalue weighted by atomic mass is 10.1. The molecule has 632 valence electrons. The number of carbonyl (C=O) groups is 20. The standard InChI is InChI=1S/C63H108N22O25S2/c1-30-52(98)81-38(14-8-11-19-66)58(104)72-21-43(90)69-23-45(92)80-41(63(109)110)29-112-111-28-35(67)55(101)70-25-47(94)84-50(33(4)87)61(107)76-31(2)53(99)82-39(15-16-49(96)97)59(105)73-24-46(93)79-36(12-6-9-17-64)56(102)71-20-42(89)68-22-44(91)78-37(13-7-10-18-65)57(103)74-26-48(95)85-51(34(5)88)62(108)77-32(3)54(100)83-40(27-86)60(106)75-30/h30-41,50-51,86-88H,6-29,64-67H2,1-5H3,(H,68,89)(H,69,90)(H,70,101)(H,71,102)(H,72,104)(H,73,105)(H,74,103)(H,75,106)(H,76,107)(H,77,108)(H,78,91)(H,79,93)(H,80,92)(H,81,98)(H,82,99)(H,83,100)(H,84,94)(H,85,95)(H,96,97)(H,109,110)/t30-,31-,32-,33+,34+,35-,36-,37-,38-,39-,40-,41-,50-,51-/m0/s1. The molecule has 0 aromatic heterocycles. The third kappa shape index (κ3) is 41.2. The van der Waals surface area contributed by atoms with E-state index in [9.17, 15) is 121 Å². The van der Waals surface area contributed by atoms with Crippen LogP contribution < -0.4 is 119 Å². The van der Waals surface area contributed by atoms with E-state index in [0.29, 0.717) is 19.3 Å². The summed E-state index contributed by atoms with van der Waals surface area (Å²) in [5.41, 5.74) is 22.8. The van der Waals surface area contributed by atoms with E-state index >= 15 is 0 Å². The maximum Gasteiger partial charge on any atom is 0.327 e. The van der Waals surface area contributed by atoms with Crippen molar-refractivity contribution in [3.8, 4) is 0 Å². The van der Waals surface area contributed by atoms with Crippen molar-refractivity contribution in [1.29, 1.82) is 0 Å². The first-order valence-corrected chi connectivity index (χ1v) is 38.0. The van der Waals surface area contributed by atoms with Crippen molar-refractivity contribution in [2.75, 3.05) is 83.6 Å². The number of hydrogen-bond donors (Lipinski definition) is 27. The van der Waals surface area contributed by atoms with E-state index in [-0.39, 0.29) is 69.7 Å². The van der Waals surface area contributed by atoms with Crippen LogP contribution in [0, 0.1) is 0 Å². The molecule has 1 rings (SSSR count). The van der Waals surface area contributed by atoms with Gasteiger partial charge in [0.15, 0.2) is 0 Å². The van der Waals surface area contributed by atoms with Crippen molar-refractivity contribution >= 4 is 140 Å². The zero-order valence-corrected chi connectivity index (χ0v) is 64.2. The molecule has 0 aliphatic carbocycles. The lowest BCUT2D eigenvalue weighted by molar-refractivity contribution is -0.141. The van der Waals surface area contributed by atoms with Gasteiger partial charge in [-0.3, -0.25) is 91.1 Å². The lowest BCUT2D eigenvalue weighted by Crippen LogP contribution is -2.60. The fourth-order valence-electron chi connectivity index (χ4n) is 9.45. The Morgan fingerprint density at radius 2 is 0.670 bits per heavy atom. The Kier molecular flexibility index (Phi) is 48.5. The molecular formula is C63H108N22O25S2. The number of nitrogens with one attached hydrogen (secondary N) is 18. The minimum atomic E-state index is -1.80. The second-order valence-corrected chi connectivity index (χ2v) is 28.0. The highest BCUT2D eigenvalue weighted by Gasteiger charge is 2.35. The third-order valence-corrected chi connectivity index (χ3v) is 18.3. The van der Waals surface area contributed by atoms with E-state index in [2.05, 4.69) is 95.7 Å². The van der Waals surface area contributed by atoms with E-state index < -0.39 is 268 Å². The van der Waals surface area contributed by atoms with Gasteiger partial charge in [-0.1, -0.05) is 21.6 Å². The van der Waals surface area contributed by atoms with Crippen molar-refractivity contribution in [2.45, 2.75) is 190 Å². The number of carbonyl (C=O) groups excluding carboxylic acids is 18. The maximum atomic E-state index is 13.4. The largest absolute Gasteiger partial charge is 0.481 e. The predicted molar refractivity (Wildman–Crippen MR) is 396 cm³/mol. The highest BCUT2D eigenvalue weighted by Crippen LogP contribution is 2.23. The average Bonchev–Trinajstić information content (AvgIpc) is 0.872. The molecule has 1 saturated heterocycles. The van der Waals surface area contributed by atoms with Crippen LogP contribution in [-0.4, -0.2) is 312 Å². The fraction of sp³-hybridized carbons (Fsp3) is 0.683. The quantitative estimate of drug-likeness (QED) is 0.0422. The first-order valence-electron chi connectivity index (χ1n) is 35.5. The van der Waals surface area contributed by atoms with Gasteiger partial charge in [0, 0.05) is 17.9 Å². The predicted octanol–water partition coefficient (Wildman–Crippen LogP) is -14.0. The topological polar surface area (TPSA) is 763 Å². The summed E-state index contributed by atoms with van der Waals surface area (Å²) in [6.07, 6.45) is -2.87. The molecule has 1 aliphatic rings. The minimum absolute atomic E-state index is 0.0489. The van der Waals surface area contributed by atoms with Gasteiger partial charge in [-0.15, -0.1) is 0 Å². The molecule has 1 heterocycles. The average molecular weight is 1640 g/mol. The van der Waals surface area contributed by atoms with Gasteiger partial charge in [0.1, 0.15) is 66.5 Å². The highest BCUT2D eigenvalue weighted by atomic mass is 33.1. The summed E-state index contributed by atoms with van der Waals surface area (Å²) in [6, 6.07) is -18.7. The van der Waals surface area contributed by atoms with Gasteiger partial charge in [0.05, 0.1) is 70.7 Å². The highest BCUT2D eigenvalue weighted by molar-refractivity contribution is 8.76. The van der Waals surface area contributed by atoms with Crippen LogP contribution in [0.3, 0.4) is 0 Å². The monoisotopic (exact) mass is 1640 g/mol. The first kappa shape index (κ1) is 99.8. The van der Waals surface area contributed by atoms with Gasteiger partial charge in [-0.05, 0) is 118 Å². The Balaban J connectivity index is 3.50. The Labute approximate surface area is 650 Å². The number of aliphatic hydroxyl groups excluding tert-OH is 3. The van der Waals surface area contributed by atoms with Crippen molar-refractivity contribution in [3.05, 3.63) is 0 Å². The number of carboxylic acids is 2. The van der Waals surface area contributed by atoms with Gasteiger partial charge in [-0.2, -0.15) is 0 Å². The summed E-state index contributed by atoms with van der Waals surface area (Å²) in [4.78, 5) is 261. The molecule has 18 amide bonds. The van der Waals surface area contributed by atoms with E-state index in [1.54, 1.807) is 0 Å². The van der Waals surface area contributed by atoms with E-state index in [1.165, 1.54) is 6.92 Å². The number of unbranched alkanes of at least 4 members (excludes halogenated alkanes) is 3. The zero-order chi connectivity index (χ0) is 84.7. The Bertz CT molecular complexity index is 3250. The number of hydrogen-bond acceptors (Lipinski definition) is 29. The fourth-order valence-corrected chi connectivity index (χ4v) is 11.7. The molecule has 14 atom stereocenters. The third-order valence-electron chi connectivity index (χ3n) is 15.8. The Morgan fingerprint density at radius 1 is 0.366 bits per heavy atom. The molecular weight excluding hydrogens is 1530 g/mol. The normalized spacial score (nSPS) is 25.9. The second kappa shape index (κ2) is 54.5. The molecule has 1 aliphatic heterocycles. The van der Waals surface area contributed by atoms with Crippen LogP contribution in [0.4, 0.5) is 0 Å². The number of aliphatic hydroxyl groups is 3. The van der Waals surface area contributed by atoms with Crippen molar-refractivity contribution in [1.82, 2.24) is 95.7 Å². The number of nitrogens with two attached hydrogens (primary N) is 4. The molecule has 31 N–H and O–H groups in total. The number of aliphatic carboxylic acids is 2. The van der Waals surface area contributed by atoms with Crippen molar-refractivity contribution in [2.24, 2.45) is 22.9 Å². The van der Waals surface area contributed by atoms with Crippen molar-refractivity contribution in [3.63, 3.8) is 0 Å². The Morgan fingerprint density at radius 3 is 1.02 bits per heavy atom. The summed E-state index contributed by atoms with van der Waals surface area (Å²) in [5, 5.41) is 90.9. The number of rotatable bonds is 19. The first-order chi connectivity index (χ1) is 52.8. The van der Waals surface area contributed by atoms with Gasteiger partial charge in [-0.25, -0.2) is 4.79 Å². The summed E-state index contributed by atoms with van der Waals surface area (Å²) >= 11 is 0. The van der Waals surface area contributed by atoms with Gasteiger partial charge < -0.3 is 144 Å². The summed E-state index contributed by atoms with van der Waals surface area (Å²) in [7, 11) is 1.73. The molecule has 0 unspecified atom stereocenters. The van der Waals surface area contributed by atoms with Crippen LogP contribution >= 0.6 is 21.6 Å². The van der Waals surface area contributed by atoms with Gasteiger partial charge in [0.2, 0.25) is 106 Å². The molecule has 0 saturated carbocycles. The van der Waals surface area contributed by atoms with Crippen LogP contribution in [0.15, 0.2) is 0 Å². The van der Waals surface area contributed by atoms with Crippen LogP contribution in [0.25, 0.3) is 0 Å². The van der Waals surface area contributed by atoms with E-state index in [4.69, 9.17) is 22.9 Å². The van der Waals surface area contributed by atoms with Crippen molar-refractivity contribution < 1.29 is 121 Å². The molecule has 49 heteroatoms. The molecule has 47 nitrogen and oxygen atoms in total. The minimum Gasteiger partial charge on any atom is -0.481 e. The van der Waals surface area contributed by atoms with E-state index in [1.807, 2.05) is 0 Å². The maximum absolute atomic E-state index is 13.4. The molecule has 0 aromatic rings.